The van der Waals surface area contributed by atoms with E-state index < -0.39 is 0 Å². The van der Waals surface area contributed by atoms with E-state index in [2.05, 4.69) is 16.0 Å². The smallest absolute Gasteiger partial charge is 0.235 e. The number of hydrogen-bond acceptors (Lipinski definition) is 5. The topological polar surface area (TPSA) is 104 Å². The lowest BCUT2D eigenvalue weighted by Crippen LogP contribution is -2.06. The number of benzene rings is 1. The van der Waals surface area contributed by atoms with E-state index >= 15 is 0 Å². The highest BCUT2D eigenvalue weighted by Crippen LogP contribution is 2.34. The molecule has 0 aliphatic rings. The Bertz CT molecular complexity index is 898. The van der Waals surface area contributed by atoms with Crippen LogP contribution < -0.4 is 5.73 Å². The van der Waals surface area contributed by atoms with Gasteiger partial charge in [-0.3, -0.25) is 4.57 Å². The largest absolute Gasteiger partial charge is 0.384 e. The predicted molar refractivity (Wildman–Crippen MR) is 80.6 cm³/mol. The van der Waals surface area contributed by atoms with E-state index in [9.17, 15) is 10.5 Å². The van der Waals surface area contributed by atoms with Gasteiger partial charge in [0.2, 0.25) is 5.95 Å². The van der Waals surface area contributed by atoms with Crippen LogP contribution in [0.2, 0.25) is 0 Å². The van der Waals surface area contributed by atoms with E-state index in [4.69, 9.17) is 5.73 Å². The summed E-state index contributed by atoms with van der Waals surface area (Å²) < 4.78 is 1.53. The van der Waals surface area contributed by atoms with E-state index in [-0.39, 0.29) is 16.9 Å². The molecule has 3 rings (SSSR count). The van der Waals surface area contributed by atoms with Crippen LogP contribution in [0.3, 0.4) is 0 Å². The summed E-state index contributed by atoms with van der Waals surface area (Å²) in [5.41, 5.74) is 7.70. The van der Waals surface area contributed by atoms with Crippen LogP contribution in [-0.2, 0) is 0 Å². The molecule has 0 saturated carbocycles. The van der Waals surface area contributed by atoms with E-state index in [0.717, 1.165) is 5.56 Å². The lowest BCUT2D eigenvalue weighted by atomic mass is 10.1. The maximum Gasteiger partial charge on any atom is 0.235 e. The molecule has 0 amide bonds. The van der Waals surface area contributed by atoms with Gasteiger partial charge in [-0.1, -0.05) is 30.3 Å². The van der Waals surface area contributed by atoms with Crippen LogP contribution in [0, 0.1) is 22.7 Å². The van der Waals surface area contributed by atoms with Gasteiger partial charge in [0.15, 0.2) is 0 Å². The fraction of sp³-hybridized carbons (Fsp3) is 0. The zero-order valence-electron chi connectivity index (χ0n) is 11.4. The zero-order chi connectivity index (χ0) is 15.5. The molecule has 2 N–H and O–H groups in total. The number of aromatic nitrogens is 3. The van der Waals surface area contributed by atoms with Crippen LogP contribution >= 0.6 is 0 Å². The molecule has 0 fully saturated rings. The van der Waals surface area contributed by atoms with Crippen molar-refractivity contribution in [2.24, 2.45) is 0 Å². The van der Waals surface area contributed by atoms with Gasteiger partial charge in [-0.05, 0) is 6.07 Å². The first kappa shape index (κ1) is 13.3. The zero-order valence-corrected chi connectivity index (χ0v) is 11.4. The molecule has 3 aromatic rings. The molecule has 0 bridgehead atoms. The van der Waals surface area contributed by atoms with Crippen LogP contribution in [0.5, 0.6) is 0 Å². The van der Waals surface area contributed by atoms with Gasteiger partial charge in [0, 0.05) is 18.0 Å². The maximum atomic E-state index is 9.47. The lowest BCUT2D eigenvalue weighted by Gasteiger charge is -2.09. The number of nitriles is 2. The summed E-state index contributed by atoms with van der Waals surface area (Å²) >= 11 is 0. The third-order valence-corrected chi connectivity index (χ3v) is 3.23. The highest BCUT2D eigenvalue weighted by atomic mass is 15.2. The Balaban J connectivity index is 2.42. The molecule has 22 heavy (non-hydrogen) atoms. The first-order chi connectivity index (χ1) is 10.8. The van der Waals surface area contributed by atoms with E-state index in [0.29, 0.717) is 11.6 Å². The highest BCUT2D eigenvalue weighted by Gasteiger charge is 2.24. The van der Waals surface area contributed by atoms with Gasteiger partial charge in [0.1, 0.15) is 23.5 Å². The Labute approximate surface area is 126 Å². The minimum absolute atomic E-state index is 0.133. The van der Waals surface area contributed by atoms with Crippen LogP contribution in [0.15, 0.2) is 48.8 Å². The molecular formula is C16H10N6. The summed E-state index contributed by atoms with van der Waals surface area (Å²) in [6, 6.07) is 15.0. The van der Waals surface area contributed by atoms with Gasteiger partial charge in [0.05, 0.1) is 11.3 Å². The number of nitrogen functional groups attached to an aromatic ring is 1. The Morgan fingerprint density at radius 3 is 2.14 bits per heavy atom. The third-order valence-electron chi connectivity index (χ3n) is 3.23. The van der Waals surface area contributed by atoms with Gasteiger partial charge in [0.25, 0.3) is 0 Å². The second kappa shape index (κ2) is 5.39. The molecule has 0 radical (unpaired) electrons. The Kier molecular flexibility index (Phi) is 3.27. The first-order valence-corrected chi connectivity index (χ1v) is 6.45. The summed E-state index contributed by atoms with van der Waals surface area (Å²) in [5, 5.41) is 18.8. The molecule has 104 valence electrons. The molecule has 0 atom stereocenters. The molecule has 2 aromatic heterocycles. The van der Waals surface area contributed by atoms with Gasteiger partial charge < -0.3 is 5.73 Å². The Morgan fingerprint density at radius 2 is 1.55 bits per heavy atom. The summed E-state index contributed by atoms with van der Waals surface area (Å²) in [5.74, 6) is 0.473. The number of rotatable bonds is 2. The van der Waals surface area contributed by atoms with Crippen LogP contribution in [-0.4, -0.2) is 14.5 Å². The summed E-state index contributed by atoms with van der Waals surface area (Å²) in [6.07, 6.45) is 3.16. The molecule has 0 aliphatic heterocycles. The monoisotopic (exact) mass is 286 g/mol. The van der Waals surface area contributed by atoms with Crippen molar-refractivity contribution in [3.8, 4) is 29.3 Å². The third kappa shape index (κ3) is 1.96. The number of anilines is 1. The van der Waals surface area contributed by atoms with E-state index in [1.165, 1.54) is 4.57 Å². The highest BCUT2D eigenvalue weighted by molar-refractivity contribution is 5.79. The molecule has 0 spiro atoms. The molecular weight excluding hydrogens is 276 g/mol. The van der Waals surface area contributed by atoms with Crippen molar-refractivity contribution in [2.75, 3.05) is 5.73 Å². The summed E-state index contributed by atoms with van der Waals surface area (Å²) in [7, 11) is 0. The van der Waals surface area contributed by atoms with Gasteiger partial charge in [-0.25, -0.2) is 9.97 Å². The van der Waals surface area contributed by atoms with Crippen molar-refractivity contribution in [1.82, 2.24) is 14.5 Å². The van der Waals surface area contributed by atoms with Crippen molar-refractivity contribution in [2.45, 2.75) is 0 Å². The van der Waals surface area contributed by atoms with Crippen molar-refractivity contribution < 1.29 is 0 Å². The Morgan fingerprint density at radius 1 is 0.909 bits per heavy atom. The van der Waals surface area contributed by atoms with Crippen molar-refractivity contribution in [3.05, 3.63) is 59.9 Å². The Hall–Kier alpha value is -3.64. The van der Waals surface area contributed by atoms with Gasteiger partial charge in [-0.2, -0.15) is 10.5 Å². The molecule has 1 aromatic carbocycles. The minimum Gasteiger partial charge on any atom is -0.384 e. The van der Waals surface area contributed by atoms with E-state index in [1.807, 2.05) is 36.4 Å². The average molecular weight is 286 g/mol. The molecule has 2 heterocycles. The van der Waals surface area contributed by atoms with Crippen molar-refractivity contribution in [3.63, 3.8) is 0 Å². The number of nitrogens with zero attached hydrogens (tertiary/aromatic N) is 5. The fourth-order valence-corrected chi connectivity index (χ4v) is 2.30. The fourth-order valence-electron chi connectivity index (χ4n) is 2.30. The average Bonchev–Trinajstić information content (AvgIpc) is 2.88. The normalized spacial score (nSPS) is 9.91. The minimum atomic E-state index is 0.133. The lowest BCUT2D eigenvalue weighted by molar-refractivity contribution is 0.949. The van der Waals surface area contributed by atoms with Gasteiger partial charge in [-0.15, -0.1) is 0 Å². The van der Waals surface area contributed by atoms with E-state index in [1.54, 1.807) is 18.5 Å². The second-order valence-electron chi connectivity index (χ2n) is 4.46. The molecule has 6 heteroatoms. The van der Waals surface area contributed by atoms with Crippen LogP contribution in [0.1, 0.15) is 11.1 Å². The van der Waals surface area contributed by atoms with Gasteiger partial charge >= 0.3 is 0 Å². The SMILES string of the molecule is N#Cc1c(C#N)c(-c2ccccc2)n(-c2ncccn2)c1N. The molecule has 0 unspecified atom stereocenters. The summed E-state index contributed by atoms with van der Waals surface area (Å²) in [6.45, 7) is 0. The van der Waals surface area contributed by atoms with Crippen LogP contribution in [0.4, 0.5) is 5.82 Å². The quantitative estimate of drug-likeness (QED) is 0.778. The van der Waals surface area contributed by atoms with Crippen LogP contribution in [0.25, 0.3) is 17.2 Å². The molecule has 0 aliphatic carbocycles. The predicted octanol–water partition coefficient (Wildman–Crippen LogP) is 2.26. The second-order valence-corrected chi connectivity index (χ2v) is 4.46. The number of hydrogen-bond donors (Lipinski definition) is 1. The number of nitrogens with two attached hydrogens (primary N) is 1. The van der Waals surface area contributed by atoms with Crippen molar-refractivity contribution in [1.29, 1.82) is 10.5 Å². The first-order valence-electron chi connectivity index (χ1n) is 6.45. The van der Waals surface area contributed by atoms with Crippen molar-refractivity contribution >= 4 is 5.82 Å². The molecule has 0 saturated heterocycles. The maximum absolute atomic E-state index is 9.47. The molecule has 6 nitrogen and oxygen atoms in total. The summed E-state index contributed by atoms with van der Waals surface area (Å²) in [4.78, 5) is 8.34. The standard InChI is InChI=1S/C16H10N6/c17-9-12-13(10-18)15(19)22(16-20-7-4-8-21-16)14(12)11-5-2-1-3-6-11/h1-8H,19H2.